The summed E-state index contributed by atoms with van der Waals surface area (Å²) in [6.45, 7) is 1.63. The minimum Gasteiger partial charge on any atom is -0.342 e. The van der Waals surface area contributed by atoms with E-state index in [0.717, 1.165) is 30.8 Å². The van der Waals surface area contributed by atoms with Gasteiger partial charge < -0.3 is 10.6 Å². The first kappa shape index (κ1) is 15.3. The molecular formula is C13H19ClN2OS. The predicted octanol–water partition coefficient (Wildman–Crippen LogP) is 2.15. The van der Waals surface area contributed by atoms with Gasteiger partial charge in [0.2, 0.25) is 5.91 Å². The molecule has 0 bridgehead atoms. The summed E-state index contributed by atoms with van der Waals surface area (Å²) in [5, 5.41) is 0. The van der Waals surface area contributed by atoms with Gasteiger partial charge in [-0.05, 0) is 25.0 Å². The molecule has 2 rings (SSSR count). The maximum absolute atomic E-state index is 11.9. The van der Waals surface area contributed by atoms with Gasteiger partial charge in [-0.15, -0.1) is 24.2 Å². The van der Waals surface area contributed by atoms with Gasteiger partial charge in [-0.2, -0.15) is 0 Å². The van der Waals surface area contributed by atoms with Crippen molar-refractivity contribution in [1.29, 1.82) is 0 Å². The number of benzene rings is 1. The number of hydrogen-bond acceptors (Lipinski definition) is 3. The Labute approximate surface area is 119 Å². The number of likely N-dealkylation sites (tertiary alicyclic amines) is 1. The second-order valence-electron chi connectivity index (χ2n) is 4.32. The number of halogens is 1. The van der Waals surface area contributed by atoms with Crippen LogP contribution in [0.3, 0.4) is 0 Å². The van der Waals surface area contributed by atoms with Crippen LogP contribution < -0.4 is 5.73 Å². The summed E-state index contributed by atoms with van der Waals surface area (Å²) in [6.07, 6.45) is 1.86. The third kappa shape index (κ3) is 4.52. The first-order valence-corrected chi connectivity index (χ1v) is 6.95. The number of amides is 1. The Kier molecular flexibility index (Phi) is 6.54. The largest absolute Gasteiger partial charge is 0.342 e. The van der Waals surface area contributed by atoms with E-state index >= 15 is 0 Å². The van der Waals surface area contributed by atoms with Gasteiger partial charge in [-0.1, -0.05) is 18.2 Å². The summed E-state index contributed by atoms with van der Waals surface area (Å²) in [5.74, 6) is 0.755. The third-order valence-corrected chi connectivity index (χ3v) is 3.99. The highest BCUT2D eigenvalue weighted by Crippen LogP contribution is 2.18. The lowest BCUT2D eigenvalue weighted by Gasteiger charge is -2.30. The van der Waals surface area contributed by atoms with E-state index in [4.69, 9.17) is 5.73 Å². The first-order valence-electron chi connectivity index (χ1n) is 5.97. The maximum atomic E-state index is 11.9. The van der Waals surface area contributed by atoms with E-state index in [1.807, 2.05) is 35.2 Å². The molecule has 1 aliphatic heterocycles. The van der Waals surface area contributed by atoms with Crippen LogP contribution in [0.4, 0.5) is 0 Å². The van der Waals surface area contributed by atoms with E-state index in [9.17, 15) is 4.79 Å². The first-order chi connectivity index (χ1) is 8.25. The number of piperidine rings is 1. The fourth-order valence-corrected chi connectivity index (χ4v) is 2.72. The predicted molar refractivity (Wildman–Crippen MR) is 78.2 cm³/mol. The van der Waals surface area contributed by atoms with Gasteiger partial charge in [-0.25, -0.2) is 0 Å². The second-order valence-corrected chi connectivity index (χ2v) is 5.37. The van der Waals surface area contributed by atoms with Gasteiger partial charge in [0.1, 0.15) is 0 Å². The summed E-state index contributed by atoms with van der Waals surface area (Å²) in [7, 11) is 0. The van der Waals surface area contributed by atoms with Gasteiger partial charge >= 0.3 is 0 Å². The molecule has 1 aromatic rings. The summed E-state index contributed by atoms with van der Waals surface area (Å²) >= 11 is 1.60. The summed E-state index contributed by atoms with van der Waals surface area (Å²) in [6, 6.07) is 10.3. The van der Waals surface area contributed by atoms with E-state index in [0.29, 0.717) is 5.75 Å². The van der Waals surface area contributed by atoms with Gasteiger partial charge in [0.25, 0.3) is 0 Å². The van der Waals surface area contributed by atoms with Crippen LogP contribution in [0.25, 0.3) is 0 Å². The van der Waals surface area contributed by atoms with Crippen molar-refractivity contribution >= 4 is 30.1 Å². The van der Waals surface area contributed by atoms with Gasteiger partial charge in [0.05, 0.1) is 5.75 Å². The number of carbonyl (C=O) groups is 1. The highest BCUT2D eigenvalue weighted by molar-refractivity contribution is 8.00. The number of hydrogen-bond donors (Lipinski definition) is 1. The Bertz CT molecular complexity index is 367. The topological polar surface area (TPSA) is 46.3 Å². The Morgan fingerprint density at radius 1 is 1.28 bits per heavy atom. The van der Waals surface area contributed by atoms with E-state index < -0.39 is 0 Å². The lowest BCUT2D eigenvalue weighted by Crippen LogP contribution is -2.43. The van der Waals surface area contributed by atoms with E-state index in [-0.39, 0.29) is 24.4 Å². The van der Waals surface area contributed by atoms with Crippen LogP contribution in [0.2, 0.25) is 0 Å². The number of nitrogens with two attached hydrogens (primary N) is 1. The molecule has 1 heterocycles. The average molecular weight is 287 g/mol. The van der Waals surface area contributed by atoms with Gasteiger partial charge in [-0.3, -0.25) is 4.79 Å². The monoisotopic (exact) mass is 286 g/mol. The minimum atomic E-state index is 0. The summed E-state index contributed by atoms with van der Waals surface area (Å²) < 4.78 is 0. The zero-order valence-electron chi connectivity index (χ0n) is 10.2. The van der Waals surface area contributed by atoms with Crippen molar-refractivity contribution in [1.82, 2.24) is 4.90 Å². The number of thioether (sulfide) groups is 1. The molecule has 3 nitrogen and oxygen atoms in total. The van der Waals surface area contributed by atoms with Crippen LogP contribution in [0, 0.1) is 0 Å². The molecule has 1 fully saturated rings. The molecule has 2 N–H and O–H groups in total. The molecule has 1 aliphatic rings. The molecule has 1 amide bonds. The fraction of sp³-hybridized carbons (Fsp3) is 0.462. The standard InChI is InChI=1S/C13H18N2OS.ClH/c14-11-6-8-15(9-7-11)13(16)10-17-12-4-2-1-3-5-12;/h1-5,11H,6-10,14H2;1H. The van der Waals surface area contributed by atoms with Gasteiger partial charge in [0, 0.05) is 24.0 Å². The number of carbonyl (C=O) groups excluding carboxylic acids is 1. The molecule has 0 unspecified atom stereocenters. The molecule has 0 spiro atoms. The van der Waals surface area contributed by atoms with Crippen molar-refractivity contribution in [2.24, 2.45) is 5.73 Å². The average Bonchev–Trinajstić information content (AvgIpc) is 2.38. The molecule has 0 atom stereocenters. The molecule has 0 aromatic heterocycles. The lowest BCUT2D eigenvalue weighted by molar-refractivity contribution is -0.129. The molecule has 100 valence electrons. The summed E-state index contributed by atoms with van der Waals surface area (Å²) in [5.41, 5.74) is 5.82. The molecule has 18 heavy (non-hydrogen) atoms. The second kappa shape index (κ2) is 7.67. The van der Waals surface area contributed by atoms with Crippen molar-refractivity contribution < 1.29 is 4.79 Å². The van der Waals surface area contributed by atoms with E-state index in [2.05, 4.69) is 0 Å². The van der Waals surface area contributed by atoms with Crippen LogP contribution >= 0.6 is 24.2 Å². The van der Waals surface area contributed by atoms with Crippen LogP contribution in [0.5, 0.6) is 0 Å². The smallest absolute Gasteiger partial charge is 0.232 e. The van der Waals surface area contributed by atoms with E-state index in [1.165, 1.54) is 0 Å². The number of nitrogens with zero attached hydrogens (tertiary/aromatic N) is 1. The summed E-state index contributed by atoms with van der Waals surface area (Å²) in [4.78, 5) is 15.0. The van der Waals surface area contributed by atoms with Crippen molar-refractivity contribution in [3.63, 3.8) is 0 Å². The van der Waals surface area contributed by atoms with E-state index in [1.54, 1.807) is 11.8 Å². The zero-order valence-corrected chi connectivity index (χ0v) is 11.9. The zero-order chi connectivity index (χ0) is 12.1. The van der Waals surface area contributed by atoms with Crippen LogP contribution in [-0.2, 0) is 4.79 Å². The third-order valence-electron chi connectivity index (χ3n) is 3.00. The van der Waals surface area contributed by atoms with Crippen LogP contribution in [0.1, 0.15) is 12.8 Å². The molecule has 0 radical (unpaired) electrons. The highest BCUT2D eigenvalue weighted by atomic mass is 35.5. The SMILES string of the molecule is Cl.NC1CCN(C(=O)CSc2ccccc2)CC1. The van der Waals surface area contributed by atoms with Crippen LogP contribution in [-0.4, -0.2) is 35.7 Å². The Balaban J connectivity index is 0.00000162. The normalized spacial score (nSPS) is 16.2. The fourth-order valence-electron chi connectivity index (χ4n) is 1.90. The van der Waals surface area contributed by atoms with Crippen molar-refractivity contribution in [2.75, 3.05) is 18.8 Å². The number of rotatable bonds is 3. The minimum absolute atomic E-state index is 0. The Morgan fingerprint density at radius 2 is 1.89 bits per heavy atom. The molecule has 0 saturated carbocycles. The Hall–Kier alpha value is -0.710. The van der Waals surface area contributed by atoms with Gasteiger partial charge in [0.15, 0.2) is 0 Å². The van der Waals surface area contributed by atoms with Crippen LogP contribution in [0.15, 0.2) is 35.2 Å². The quantitative estimate of drug-likeness (QED) is 0.866. The molecule has 1 saturated heterocycles. The molecule has 5 heteroatoms. The lowest BCUT2D eigenvalue weighted by atomic mass is 10.1. The molecule has 1 aromatic carbocycles. The van der Waals surface area contributed by atoms with Crippen molar-refractivity contribution in [3.05, 3.63) is 30.3 Å². The molecular weight excluding hydrogens is 268 g/mol. The maximum Gasteiger partial charge on any atom is 0.232 e. The Morgan fingerprint density at radius 3 is 2.50 bits per heavy atom. The highest BCUT2D eigenvalue weighted by Gasteiger charge is 2.20. The van der Waals surface area contributed by atoms with Crippen molar-refractivity contribution in [3.8, 4) is 0 Å². The van der Waals surface area contributed by atoms with Crippen molar-refractivity contribution in [2.45, 2.75) is 23.8 Å². The molecule has 0 aliphatic carbocycles.